The first kappa shape index (κ1) is 12.4. The van der Waals surface area contributed by atoms with Gasteiger partial charge in [0.05, 0.1) is 0 Å². The molecule has 1 aromatic rings. The van der Waals surface area contributed by atoms with E-state index in [1.165, 1.54) is 6.07 Å². The Hall–Kier alpha value is -0.630. The van der Waals surface area contributed by atoms with Gasteiger partial charge >= 0.3 is 12.1 Å². The van der Waals surface area contributed by atoms with Crippen LogP contribution in [0.15, 0.2) is 21.2 Å². The maximum absolute atomic E-state index is 12.7. The zero-order valence-electron chi connectivity index (χ0n) is 6.99. The van der Waals surface area contributed by atoms with Crippen LogP contribution in [-0.2, 0) is 0 Å². The summed E-state index contributed by atoms with van der Waals surface area (Å²) in [6, 6.07) is -0.417. The molecule has 8 heteroatoms. The van der Waals surface area contributed by atoms with Gasteiger partial charge in [-0.3, -0.25) is 0 Å². The highest BCUT2D eigenvalue weighted by atomic mass is 79.9. The van der Waals surface area contributed by atoms with Gasteiger partial charge in [-0.1, -0.05) is 0 Å². The molecule has 2 N–H and O–H groups in total. The van der Waals surface area contributed by atoms with Gasteiger partial charge in [-0.05, 0) is 28.1 Å². The van der Waals surface area contributed by atoms with Crippen LogP contribution in [0.1, 0.15) is 11.8 Å². The SMILES string of the molecule is N[C@@H](c1ccc(Br)o1)C(F)(F)C(F)(F)F. The molecule has 1 aromatic heterocycles. The van der Waals surface area contributed by atoms with Gasteiger partial charge in [0.25, 0.3) is 0 Å². The predicted octanol–water partition coefficient (Wildman–Crippen LogP) is 3.24. The van der Waals surface area contributed by atoms with Crippen LogP contribution in [-0.4, -0.2) is 12.1 Å². The molecule has 0 saturated carbocycles. The summed E-state index contributed by atoms with van der Waals surface area (Å²) in [5.74, 6) is -5.66. The summed E-state index contributed by atoms with van der Waals surface area (Å²) in [5.41, 5.74) is 4.79. The van der Waals surface area contributed by atoms with E-state index in [1.54, 1.807) is 0 Å². The van der Waals surface area contributed by atoms with E-state index in [4.69, 9.17) is 5.73 Å². The van der Waals surface area contributed by atoms with Crippen LogP contribution >= 0.6 is 15.9 Å². The molecular formula is C7H5BrF5NO. The summed E-state index contributed by atoms with van der Waals surface area (Å²) in [6.07, 6.45) is -5.70. The molecular weight excluding hydrogens is 289 g/mol. The van der Waals surface area contributed by atoms with Crippen molar-refractivity contribution in [1.82, 2.24) is 0 Å². The number of rotatable bonds is 2. The number of furan rings is 1. The van der Waals surface area contributed by atoms with E-state index >= 15 is 0 Å². The fraction of sp³-hybridized carbons (Fsp3) is 0.429. The minimum Gasteiger partial charge on any atom is -0.452 e. The van der Waals surface area contributed by atoms with Crippen molar-refractivity contribution >= 4 is 15.9 Å². The molecule has 0 aliphatic rings. The fourth-order valence-corrected chi connectivity index (χ4v) is 1.17. The van der Waals surface area contributed by atoms with Crippen molar-refractivity contribution in [3.8, 4) is 0 Å². The fourth-order valence-electron chi connectivity index (χ4n) is 0.850. The normalized spacial score (nSPS) is 15.4. The molecule has 86 valence electrons. The Kier molecular flexibility index (Phi) is 3.11. The highest BCUT2D eigenvalue weighted by molar-refractivity contribution is 9.10. The molecule has 0 spiro atoms. The zero-order valence-corrected chi connectivity index (χ0v) is 8.57. The Morgan fingerprint density at radius 1 is 1.20 bits per heavy atom. The summed E-state index contributed by atoms with van der Waals surface area (Å²) >= 11 is 2.77. The molecule has 2 nitrogen and oxygen atoms in total. The topological polar surface area (TPSA) is 39.2 Å². The number of alkyl halides is 5. The van der Waals surface area contributed by atoms with Crippen LogP contribution in [0.5, 0.6) is 0 Å². The van der Waals surface area contributed by atoms with Gasteiger partial charge in [-0.25, -0.2) is 0 Å². The molecule has 0 aliphatic carbocycles. The lowest BCUT2D eigenvalue weighted by molar-refractivity contribution is -0.292. The van der Waals surface area contributed by atoms with E-state index in [0.29, 0.717) is 0 Å². The second kappa shape index (κ2) is 3.75. The molecule has 0 saturated heterocycles. The average molecular weight is 294 g/mol. The third-order valence-corrected chi connectivity index (χ3v) is 2.10. The smallest absolute Gasteiger partial charge is 0.452 e. The molecule has 1 rings (SSSR count). The first-order valence-electron chi connectivity index (χ1n) is 3.61. The van der Waals surface area contributed by atoms with E-state index in [0.717, 1.165) is 6.07 Å². The van der Waals surface area contributed by atoms with Gasteiger partial charge in [0.2, 0.25) is 0 Å². The lowest BCUT2D eigenvalue weighted by atomic mass is 10.1. The van der Waals surface area contributed by atoms with Crippen molar-refractivity contribution in [3.05, 3.63) is 22.6 Å². The molecule has 15 heavy (non-hydrogen) atoms. The number of halogens is 6. The largest absolute Gasteiger partial charge is 0.455 e. The Morgan fingerprint density at radius 2 is 1.73 bits per heavy atom. The van der Waals surface area contributed by atoms with E-state index in [9.17, 15) is 22.0 Å². The molecule has 1 heterocycles. The van der Waals surface area contributed by atoms with E-state index < -0.39 is 23.9 Å². The standard InChI is InChI=1S/C7H5BrF5NO/c8-4-2-1-3(15-4)5(14)6(9,10)7(11,12)13/h1-2,5H,14H2/t5-/m0/s1. The van der Waals surface area contributed by atoms with Gasteiger partial charge in [-0.2, -0.15) is 22.0 Å². The molecule has 0 amide bonds. The minimum absolute atomic E-state index is 0.0333. The molecule has 0 radical (unpaired) electrons. The lowest BCUT2D eigenvalue weighted by Crippen LogP contribution is -2.45. The maximum Gasteiger partial charge on any atom is 0.455 e. The minimum atomic E-state index is -5.70. The van der Waals surface area contributed by atoms with Gasteiger partial charge in [-0.15, -0.1) is 0 Å². The molecule has 0 aliphatic heterocycles. The van der Waals surface area contributed by atoms with E-state index in [1.807, 2.05) is 0 Å². The van der Waals surface area contributed by atoms with Crippen LogP contribution in [0.25, 0.3) is 0 Å². The monoisotopic (exact) mass is 293 g/mol. The zero-order chi connectivity index (χ0) is 11.9. The highest BCUT2D eigenvalue weighted by Gasteiger charge is 2.62. The summed E-state index contributed by atoms with van der Waals surface area (Å²) < 4.78 is 65.6. The summed E-state index contributed by atoms with van der Waals surface area (Å²) in [7, 11) is 0. The lowest BCUT2D eigenvalue weighted by Gasteiger charge is -2.24. The van der Waals surface area contributed by atoms with Crippen molar-refractivity contribution in [2.24, 2.45) is 5.73 Å². The summed E-state index contributed by atoms with van der Waals surface area (Å²) in [5, 5.41) is 0. The Bertz CT molecular complexity index is 347. The van der Waals surface area contributed by atoms with E-state index in [2.05, 4.69) is 20.3 Å². The second-order valence-electron chi connectivity index (χ2n) is 2.74. The molecule has 0 unspecified atom stereocenters. The third kappa shape index (κ3) is 2.31. The van der Waals surface area contributed by atoms with Gasteiger partial charge < -0.3 is 10.2 Å². The Balaban J connectivity index is 2.99. The summed E-state index contributed by atoms with van der Waals surface area (Å²) in [4.78, 5) is 0. The van der Waals surface area contributed by atoms with Crippen LogP contribution in [0.4, 0.5) is 22.0 Å². The van der Waals surface area contributed by atoms with Crippen LogP contribution < -0.4 is 5.73 Å². The number of hydrogen-bond donors (Lipinski definition) is 1. The maximum atomic E-state index is 12.7. The van der Waals surface area contributed by atoms with Gasteiger partial charge in [0.1, 0.15) is 11.8 Å². The quantitative estimate of drug-likeness (QED) is 0.850. The van der Waals surface area contributed by atoms with Crippen molar-refractivity contribution in [3.63, 3.8) is 0 Å². The van der Waals surface area contributed by atoms with Crippen molar-refractivity contribution in [1.29, 1.82) is 0 Å². The average Bonchev–Trinajstić information content (AvgIpc) is 2.48. The van der Waals surface area contributed by atoms with E-state index in [-0.39, 0.29) is 4.67 Å². The molecule has 0 fully saturated rings. The first-order chi connectivity index (χ1) is 6.66. The second-order valence-corrected chi connectivity index (χ2v) is 3.52. The molecule has 1 atom stereocenters. The number of nitrogens with two attached hydrogens (primary N) is 1. The van der Waals surface area contributed by atoms with Crippen molar-refractivity contribution in [2.75, 3.05) is 0 Å². The molecule has 0 aromatic carbocycles. The highest BCUT2D eigenvalue weighted by Crippen LogP contribution is 2.43. The number of hydrogen-bond acceptors (Lipinski definition) is 2. The van der Waals surface area contributed by atoms with Gasteiger partial charge in [0.15, 0.2) is 4.67 Å². The Labute approximate surface area is 89.4 Å². The van der Waals surface area contributed by atoms with Crippen LogP contribution in [0.2, 0.25) is 0 Å². The molecule has 0 bridgehead atoms. The van der Waals surface area contributed by atoms with Crippen LogP contribution in [0.3, 0.4) is 0 Å². The first-order valence-corrected chi connectivity index (χ1v) is 4.41. The van der Waals surface area contributed by atoms with Gasteiger partial charge in [0, 0.05) is 0 Å². The Morgan fingerprint density at radius 3 is 2.07 bits per heavy atom. The summed E-state index contributed by atoms with van der Waals surface area (Å²) in [6.45, 7) is 0. The predicted molar refractivity (Wildman–Crippen MR) is 44.3 cm³/mol. The van der Waals surface area contributed by atoms with Crippen LogP contribution in [0, 0.1) is 0 Å². The van der Waals surface area contributed by atoms with Crippen molar-refractivity contribution < 1.29 is 26.4 Å². The third-order valence-electron chi connectivity index (χ3n) is 1.67. The van der Waals surface area contributed by atoms with Crippen molar-refractivity contribution in [2.45, 2.75) is 18.1 Å².